The quantitative estimate of drug-likeness (QED) is 0.669. The SMILES string of the molecule is [O]c1cc2c(c(Cl)c1Cl)C(=O)CCC2. The first-order valence-corrected chi connectivity index (χ1v) is 5.08. The molecule has 0 fully saturated rings. The first-order valence-electron chi connectivity index (χ1n) is 4.32. The topological polar surface area (TPSA) is 37.0 Å². The van der Waals surface area contributed by atoms with Crippen LogP contribution in [0.2, 0.25) is 10.0 Å². The van der Waals surface area contributed by atoms with Crippen LogP contribution in [-0.4, -0.2) is 5.78 Å². The summed E-state index contributed by atoms with van der Waals surface area (Å²) in [5.74, 6) is -0.316. The molecule has 0 heterocycles. The Bertz CT molecular complexity index is 413. The minimum absolute atomic E-state index is 0.0156. The highest BCUT2D eigenvalue weighted by Gasteiger charge is 2.24. The Morgan fingerprint density at radius 1 is 1.14 bits per heavy atom. The number of ketones is 1. The van der Waals surface area contributed by atoms with Crippen molar-refractivity contribution in [2.24, 2.45) is 0 Å². The van der Waals surface area contributed by atoms with E-state index in [9.17, 15) is 9.90 Å². The van der Waals surface area contributed by atoms with Crippen molar-refractivity contribution in [3.8, 4) is 5.75 Å². The second-order valence-corrected chi connectivity index (χ2v) is 4.07. The number of carbonyl (C=O) groups is 1. The van der Waals surface area contributed by atoms with Gasteiger partial charge in [0.25, 0.3) is 0 Å². The molecule has 2 nitrogen and oxygen atoms in total. The van der Waals surface area contributed by atoms with Crippen molar-refractivity contribution in [2.75, 3.05) is 0 Å². The van der Waals surface area contributed by atoms with Crippen LogP contribution in [0.4, 0.5) is 0 Å². The van der Waals surface area contributed by atoms with Gasteiger partial charge in [0.15, 0.2) is 11.5 Å². The van der Waals surface area contributed by atoms with E-state index < -0.39 is 0 Å². The summed E-state index contributed by atoms with van der Waals surface area (Å²) in [5, 5.41) is 11.4. The largest absolute Gasteiger partial charge is 0.294 e. The fraction of sp³-hybridized carbons (Fsp3) is 0.300. The van der Waals surface area contributed by atoms with Crippen molar-refractivity contribution in [3.05, 3.63) is 27.2 Å². The van der Waals surface area contributed by atoms with E-state index in [-0.39, 0.29) is 21.6 Å². The van der Waals surface area contributed by atoms with Crippen LogP contribution < -0.4 is 0 Å². The number of halogens is 2. The molecule has 0 unspecified atom stereocenters. The lowest BCUT2D eigenvalue weighted by atomic mass is 9.90. The van der Waals surface area contributed by atoms with Crippen LogP contribution in [-0.2, 0) is 11.5 Å². The molecule has 0 saturated carbocycles. The first-order chi connectivity index (χ1) is 6.61. The highest BCUT2D eigenvalue weighted by Crippen LogP contribution is 2.39. The molecule has 1 aromatic carbocycles. The summed E-state index contributed by atoms with van der Waals surface area (Å²) >= 11 is 11.5. The van der Waals surface area contributed by atoms with Gasteiger partial charge in [0.05, 0.1) is 5.02 Å². The van der Waals surface area contributed by atoms with Crippen LogP contribution >= 0.6 is 23.2 Å². The Hall–Kier alpha value is -0.730. The van der Waals surface area contributed by atoms with Crippen molar-refractivity contribution in [3.63, 3.8) is 0 Å². The summed E-state index contributed by atoms with van der Waals surface area (Å²) in [4.78, 5) is 11.5. The molecular weight excluding hydrogens is 223 g/mol. The molecular formula is C10H7Cl2O2. The first kappa shape index (κ1) is 9.81. The molecule has 0 aliphatic heterocycles. The number of aryl methyl sites for hydroxylation is 1. The van der Waals surface area contributed by atoms with Crippen LogP contribution in [0.1, 0.15) is 28.8 Å². The van der Waals surface area contributed by atoms with E-state index >= 15 is 0 Å². The highest BCUT2D eigenvalue weighted by molar-refractivity contribution is 6.45. The number of benzene rings is 1. The Morgan fingerprint density at radius 2 is 1.86 bits per heavy atom. The fourth-order valence-corrected chi connectivity index (χ4v) is 2.18. The summed E-state index contributed by atoms with van der Waals surface area (Å²) in [5.41, 5.74) is 1.18. The van der Waals surface area contributed by atoms with Gasteiger partial charge in [-0.2, -0.15) is 0 Å². The number of hydrogen-bond donors (Lipinski definition) is 0. The molecule has 0 spiro atoms. The second kappa shape index (κ2) is 3.44. The lowest BCUT2D eigenvalue weighted by Gasteiger charge is -2.16. The van der Waals surface area contributed by atoms with E-state index in [1.54, 1.807) is 0 Å². The lowest BCUT2D eigenvalue weighted by Crippen LogP contribution is -2.11. The number of hydrogen-bond acceptors (Lipinski definition) is 1. The monoisotopic (exact) mass is 229 g/mol. The second-order valence-electron chi connectivity index (χ2n) is 3.31. The standard InChI is InChI=1S/C10H7Cl2O2/c11-9-7(14)4-5-2-1-3-6(13)8(5)10(9)12/h4H,1-3H2. The summed E-state index contributed by atoms with van der Waals surface area (Å²) in [6.45, 7) is 0. The van der Waals surface area contributed by atoms with Crippen molar-refractivity contribution >= 4 is 29.0 Å². The van der Waals surface area contributed by atoms with Crippen LogP contribution in [0.25, 0.3) is 0 Å². The van der Waals surface area contributed by atoms with Crippen molar-refractivity contribution in [1.29, 1.82) is 0 Å². The average Bonchev–Trinajstić information content (AvgIpc) is 2.14. The zero-order valence-electron chi connectivity index (χ0n) is 7.27. The van der Waals surface area contributed by atoms with E-state index in [2.05, 4.69) is 0 Å². The molecule has 0 aromatic heterocycles. The fourth-order valence-electron chi connectivity index (χ4n) is 1.72. The van der Waals surface area contributed by atoms with Crippen molar-refractivity contribution in [1.82, 2.24) is 0 Å². The molecule has 1 radical (unpaired) electrons. The summed E-state index contributed by atoms with van der Waals surface area (Å²) in [7, 11) is 0. The number of rotatable bonds is 0. The smallest absolute Gasteiger partial charge is 0.199 e. The number of fused-ring (bicyclic) bond motifs is 1. The Labute approximate surface area is 91.4 Å². The highest BCUT2D eigenvalue weighted by atomic mass is 35.5. The summed E-state index contributed by atoms with van der Waals surface area (Å²) < 4.78 is 0. The molecule has 73 valence electrons. The van der Waals surface area contributed by atoms with Gasteiger partial charge in [-0.25, -0.2) is 0 Å². The van der Waals surface area contributed by atoms with Gasteiger partial charge in [-0.1, -0.05) is 23.2 Å². The van der Waals surface area contributed by atoms with Crippen LogP contribution in [0.15, 0.2) is 6.07 Å². The third-order valence-electron chi connectivity index (χ3n) is 2.38. The van der Waals surface area contributed by atoms with E-state index in [1.165, 1.54) is 6.07 Å². The Balaban J connectivity index is 2.70. The van der Waals surface area contributed by atoms with Crippen molar-refractivity contribution in [2.45, 2.75) is 19.3 Å². The number of Topliss-reactive ketones (excluding diaryl/α,β-unsaturated/α-hetero) is 1. The Morgan fingerprint density at radius 3 is 2.57 bits per heavy atom. The third-order valence-corrected chi connectivity index (χ3v) is 3.23. The van der Waals surface area contributed by atoms with Gasteiger partial charge in [-0.05, 0) is 24.5 Å². The molecule has 0 amide bonds. The van der Waals surface area contributed by atoms with E-state index in [0.29, 0.717) is 12.0 Å². The van der Waals surface area contributed by atoms with Gasteiger partial charge in [-0.3, -0.25) is 9.90 Å². The zero-order chi connectivity index (χ0) is 10.3. The van der Waals surface area contributed by atoms with Crippen molar-refractivity contribution < 1.29 is 9.90 Å². The van der Waals surface area contributed by atoms with Gasteiger partial charge < -0.3 is 0 Å². The number of carbonyl (C=O) groups excluding carboxylic acids is 1. The van der Waals surface area contributed by atoms with E-state index in [0.717, 1.165) is 18.4 Å². The maximum atomic E-state index is 11.5. The predicted octanol–water partition coefficient (Wildman–Crippen LogP) is 3.66. The Kier molecular flexibility index (Phi) is 2.41. The minimum atomic E-state index is -0.301. The maximum absolute atomic E-state index is 11.5. The van der Waals surface area contributed by atoms with Gasteiger partial charge in [0.2, 0.25) is 0 Å². The molecule has 0 saturated heterocycles. The van der Waals surface area contributed by atoms with Crippen LogP contribution in [0.3, 0.4) is 0 Å². The van der Waals surface area contributed by atoms with Gasteiger partial charge in [-0.15, -0.1) is 0 Å². The zero-order valence-corrected chi connectivity index (χ0v) is 8.78. The van der Waals surface area contributed by atoms with Crippen LogP contribution in [0.5, 0.6) is 5.75 Å². The molecule has 2 rings (SSSR count). The molecule has 1 aliphatic carbocycles. The van der Waals surface area contributed by atoms with E-state index in [1.807, 2.05) is 0 Å². The van der Waals surface area contributed by atoms with Crippen LogP contribution in [0, 0.1) is 0 Å². The molecule has 0 atom stereocenters. The third kappa shape index (κ3) is 1.39. The van der Waals surface area contributed by atoms with E-state index in [4.69, 9.17) is 23.2 Å². The van der Waals surface area contributed by atoms with Gasteiger partial charge in [0, 0.05) is 12.0 Å². The molecule has 0 bridgehead atoms. The molecule has 14 heavy (non-hydrogen) atoms. The van der Waals surface area contributed by atoms with Gasteiger partial charge in [0.1, 0.15) is 5.02 Å². The summed E-state index contributed by atoms with van der Waals surface area (Å²) in [6.07, 6.45) is 2.00. The molecule has 0 N–H and O–H groups in total. The normalized spacial score (nSPS) is 15.4. The lowest BCUT2D eigenvalue weighted by molar-refractivity contribution is 0.0972. The average molecular weight is 230 g/mol. The molecule has 4 heteroatoms. The molecule has 1 aromatic rings. The minimum Gasteiger partial charge on any atom is -0.294 e. The predicted molar refractivity (Wildman–Crippen MR) is 53.9 cm³/mol. The summed E-state index contributed by atoms with van der Waals surface area (Å²) in [6, 6.07) is 1.42. The maximum Gasteiger partial charge on any atom is 0.199 e. The molecule has 1 aliphatic rings. The van der Waals surface area contributed by atoms with Gasteiger partial charge >= 0.3 is 0 Å².